The summed E-state index contributed by atoms with van der Waals surface area (Å²) in [6, 6.07) is 8.11. The van der Waals surface area contributed by atoms with Crippen LogP contribution in [0.3, 0.4) is 0 Å². The Morgan fingerprint density at radius 1 is 1.05 bits per heavy atom. The molecule has 2 aliphatic rings. The normalized spacial score (nSPS) is 25.2. The SMILES string of the molecule is O=C(O)C1CCC(C(=O)N2CCCc3ccccc32)CC1. The number of hydrogen-bond donors (Lipinski definition) is 1. The Kier molecular flexibility index (Phi) is 3.95. The fourth-order valence-corrected chi connectivity index (χ4v) is 3.57. The zero-order valence-corrected chi connectivity index (χ0v) is 12.1. The van der Waals surface area contributed by atoms with Crippen LogP contribution in [0.4, 0.5) is 5.69 Å². The van der Waals surface area contributed by atoms with Crippen LogP contribution >= 0.6 is 0 Å². The lowest BCUT2D eigenvalue weighted by Gasteiger charge is -2.34. The first kappa shape index (κ1) is 14.1. The Morgan fingerprint density at radius 2 is 1.71 bits per heavy atom. The number of para-hydroxylation sites is 1. The molecule has 1 amide bonds. The monoisotopic (exact) mass is 287 g/mol. The quantitative estimate of drug-likeness (QED) is 0.910. The third kappa shape index (κ3) is 2.80. The van der Waals surface area contributed by atoms with Gasteiger partial charge in [-0.1, -0.05) is 18.2 Å². The second-order valence-electron chi connectivity index (χ2n) is 6.11. The third-order valence-electron chi connectivity index (χ3n) is 4.80. The van der Waals surface area contributed by atoms with Gasteiger partial charge in [-0.3, -0.25) is 9.59 Å². The van der Waals surface area contributed by atoms with Crippen LogP contribution in [0.15, 0.2) is 24.3 Å². The fourth-order valence-electron chi connectivity index (χ4n) is 3.57. The Hall–Kier alpha value is -1.84. The molecule has 1 aromatic carbocycles. The van der Waals surface area contributed by atoms with E-state index in [1.807, 2.05) is 23.1 Å². The molecule has 1 aliphatic heterocycles. The first-order valence-corrected chi connectivity index (χ1v) is 7.79. The average molecular weight is 287 g/mol. The third-order valence-corrected chi connectivity index (χ3v) is 4.80. The highest BCUT2D eigenvalue weighted by atomic mass is 16.4. The number of amides is 1. The minimum atomic E-state index is -0.718. The van der Waals surface area contributed by atoms with Gasteiger partial charge in [-0.15, -0.1) is 0 Å². The molecular weight excluding hydrogens is 266 g/mol. The molecule has 0 bridgehead atoms. The van der Waals surface area contributed by atoms with E-state index in [9.17, 15) is 9.59 Å². The number of carbonyl (C=O) groups excluding carboxylic acids is 1. The van der Waals surface area contributed by atoms with Crippen LogP contribution < -0.4 is 4.90 Å². The maximum Gasteiger partial charge on any atom is 0.306 e. The Bertz CT molecular complexity index is 547. The van der Waals surface area contributed by atoms with E-state index in [2.05, 4.69) is 6.07 Å². The van der Waals surface area contributed by atoms with Crippen LogP contribution in [-0.2, 0) is 16.0 Å². The number of hydrogen-bond acceptors (Lipinski definition) is 2. The van der Waals surface area contributed by atoms with Gasteiger partial charge in [0.15, 0.2) is 0 Å². The van der Waals surface area contributed by atoms with Crippen molar-refractivity contribution in [2.24, 2.45) is 11.8 Å². The number of carboxylic acids is 1. The standard InChI is InChI=1S/C17H21NO3/c19-16(13-7-9-14(10-8-13)17(20)21)18-11-3-5-12-4-1-2-6-15(12)18/h1-2,4,6,13-14H,3,5,7-11H2,(H,20,21). The van der Waals surface area contributed by atoms with Crippen molar-refractivity contribution in [3.05, 3.63) is 29.8 Å². The van der Waals surface area contributed by atoms with E-state index in [1.165, 1.54) is 5.56 Å². The van der Waals surface area contributed by atoms with Gasteiger partial charge in [0.2, 0.25) is 5.91 Å². The lowest BCUT2D eigenvalue weighted by atomic mass is 9.81. The summed E-state index contributed by atoms with van der Waals surface area (Å²) in [4.78, 5) is 25.7. The molecule has 0 unspecified atom stereocenters. The van der Waals surface area contributed by atoms with Gasteiger partial charge in [0.1, 0.15) is 0 Å². The lowest BCUT2D eigenvalue weighted by Crippen LogP contribution is -2.41. The van der Waals surface area contributed by atoms with Crippen molar-refractivity contribution in [3.8, 4) is 0 Å². The summed E-state index contributed by atoms with van der Waals surface area (Å²) < 4.78 is 0. The zero-order valence-electron chi connectivity index (χ0n) is 12.1. The van der Waals surface area contributed by atoms with Crippen molar-refractivity contribution in [2.75, 3.05) is 11.4 Å². The number of carbonyl (C=O) groups is 2. The second kappa shape index (κ2) is 5.88. The molecule has 21 heavy (non-hydrogen) atoms. The summed E-state index contributed by atoms with van der Waals surface area (Å²) in [6.45, 7) is 0.786. The first-order valence-electron chi connectivity index (χ1n) is 7.79. The van der Waals surface area contributed by atoms with E-state index in [0.717, 1.165) is 25.1 Å². The van der Waals surface area contributed by atoms with Crippen molar-refractivity contribution in [2.45, 2.75) is 38.5 Å². The average Bonchev–Trinajstić information content (AvgIpc) is 2.53. The van der Waals surface area contributed by atoms with Crippen molar-refractivity contribution >= 4 is 17.6 Å². The molecule has 1 aliphatic carbocycles. The summed E-state index contributed by atoms with van der Waals surface area (Å²) in [5.74, 6) is -0.801. The van der Waals surface area contributed by atoms with Crippen LogP contribution in [0.2, 0.25) is 0 Å². The molecule has 0 saturated heterocycles. The summed E-state index contributed by atoms with van der Waals surface area (Å²) >= 11 is 0. The van der Waals surface area contributed by atoms with E-state index in [0.29, 0.717) is 25.7 Å². The van der Waals surface area contributed by atoms with Crippen molar-refractivity contribution in [1.29, 1.82) is 0 Å². The van der Waals surface area contributed by atoms with E-state index in [1.54, 1.807) is 0 Å². The minimum absolute atomic E-state index is 0.00763. The summed E-state index contributed by atoms with van der Waals surface area (Å²) in [7, 11) is 0. The lowest BCUT2D eigenvalue weighted by molar-refractivity contribution is -0.144. The van der Waals surface area contributed by atoms with E-state index in [4.69, 9.17) is 5.11 Å². The molecule has 0 atom stereocenters. The van der Waals surface area contributed by atoms with Crippen LogP contribution in [0, 0.1) is 11.8 Å². The highest BCUT2D eigenvalue weighted by Gasteiger charge is 2.33. The smallest absolute Gasteiger partial charge is 0.306 e. The number of carboxylic acid groups (broad SMARTS) is 1. The van der Waals surface area contributed by atoms with Crippen LogP contribution in [0.25, 0.3) is 0 Å². The summed E-state index contributed by atoms with van der Waals surface area (Å²) in [6.07, 6.45) is 4.70. The Morgan fingerprint density at radius 3 is 2.43 bits per heavy atom. The van der Waals surface area contributed by atoms with Gasteiger partial charge in [-0.2, -0.15) is 0 Å². The van der Waals surface area contributed by atoms with E-state index in [-0.39, 0.29) is 17.7 Å². The van der Waals surface area contributed by atoms with Crippen molar-refractivity contribution in [3.63, 3.8) is 0 Å². The molecule has 1 N–H and O–H groups in total. The number of benzene rings is 1. The molecule has 112 valence electrons. The predicted molar refractivity (Wildman–Crippen MR) is 80.2 cm³/mol. The molecular formula is C17H21NO3. The predicted octanol–water partition coefficient (Wildman–Crippen LogP) is 2.86. The van der Waals surface area contributed by atoms with Gasteiger partial charge in [-0.25, -0.2) is 0 Å². The molecule has 0 spiro atoms. The molecule has 3 rings (SSSR count). The Labute approximate surface area is 124 Å². The van der Waals surface area contributed by atoms with Crippen LogP contribution in [0.1, 0.15) is 37.7 Å². The maximum absolute atomic E-state index is 12.8. The summed E-state index contributed by atoms with van der Waals surface area (Å²) in [5, 5.41) is 9.05. The number of anilines is 1. The molecule has 1 aromatic rings. The topological polar surface area (TPSA) is 57.6 Å². The molecule has 1 saturated carbocycles. The highest BCUT2D eigenvalue weighted by Crippen LogP contribution is 2.34. The number of aryl methyl sites for hydroxylation is 1. The number of rotatable bonds is 2. The number of aliphatic carboxylic acids is 1. The van der Waals surface area contributed by atoms with Crippen LogP contribution in [-0.4, -0.2) is 23.5 Å². The molecule has 4 nitrogen and oxygen atoms in total. The molecule has 0 aromatic heterocycles. The molecule has 1 heterocycles. The largest absolute Gasteiger partial charge is 0.481 e. The van der Waals surface area contributed by atoms with Gasteiger partial charge in [0.05, 0.1) is 5.92 Å². The fraction of sp³-hybridized carbons (Fsp3) is 0.529. The Balaban J connectivity index is 1.71. The van der Waals surface area contributed by atoms with E-state index < -0.39 is 5.97 Å². The highest BCUT2D eigenvalue weighted by molar-refractivity contribution is 5.96. The second-order valence-corrected chi connectivity index (χ2v) is 6.11. The van der Waals surface area contributed by atoms with Gasteiger partial charge in [0, 0.05) is 18.2 Å². The summed E-state index contributed by atoms with van der Waals surface area (Å²) in [5.41, 5.74) is 2.30. The molecule has 4 heteroatoms. The minimum Gasteiger partial charge on any atom is -0.481 e. The molecule has 0 radical (unpaired) electrons. The molecule has 1 fully saturated rings. The van der Waals surface area contributed by atoms with Gasteiger partial charge >= 0.3 is 5.97 Å². The van der Waals surface area contributed by atoms with Gasteiger partial charge in [-0.05, 0) is 50.2 Å². The van der Waals surface area contributed by atoms with E-state index >= 15 is 0 Å². The van der Waals surface area contributed by atoms with Gasteiger partial charge in [0.25, 0.3) is 0 Å². The first-order chi connectivity index (χ1) is 10.2. The number of fused-ring (bicyclic) bond motifs is 1. The zero-order chi connectivity index (χ0) is 14.8. The number of nitrogens with zero attached hydrogens (tertiary/aromatic N) is 1. The van der Waals surface area contributed by atoms with Gasteiger partial charge < -0.3 is 10.0 Å². The van der Waals surface area contributed by atoms with Crippen molar-refractivity contribution in [1.82, 2.24) is 0 Å². The maximum atomic E-state index is 12.8. The van der Waals surface area contributed by atoms with Crippen molar-refractivity contribution < 1.29 is 14.7 Å². The van der Waals surface area contributed by atoms with Crippen LogP contribution in [0.5, 0.6) is 0 Å².